The molecule has 1 unspecified atom stereocenters. The Morgan fingerprint density at radius 3 is 2.32 bits per heavy atom. The normalized spacial score (nSPS) is 15.7. The van der Waals surface area contributed by atoms with E-state index in [0.29, 0.717) is 6.61 Å². The van der Waals surface area contributed by atoms with Gasteiger partial charge in [-0.3, -0.25) is 14.9 Å². The van der Waals surface area contributed by atoms with Crippen LogP contribution in [0.2, 0.25) is 0 Å². The number of likely N-dealkylation sites (tertiary alicyclic amines) is 1. The predicted molar refractivity (Wildman–Crippen MR) is 95.8 cm³/mol. The lowest BCUT2D eigenvalue weighted by atomic mass is 9.91. The first-order valence-electron chi connectivity index (χ1n) is 8.72. The minimum atomic E-state index is -0.551. The van der Waals surface area contributed by atoms with Crippen LogP contribution >= 0.6 is 0 Å². The zero-order valence-electron chi connectivity index (χ0n) is 14.2. The van der Waals surface area contributed by atoms with Crippen molar-refractivity contribution in [1.82, 2.24) is 10.4 Å². The van der Waals surface area contributed by atoms with Gasteiger partial charge in [0, 0.05) is 6.54 Å². The van der Waals surface area contributed by atoms with Crippen molar-refractivity contribution >= 4 is 5.91 Å². The summed E-state index contributed by atoms with van der Waals surface area (Å²) in [6.07, 6.45) is 2.56. The number of nitrogens with zero attached hydrogens (tertiary/aromatic N) is 1. The highest BCUT2D eigenvalue weighted by Crippen LogP contribution is 2.26. The molecule has 2 aromatic carbocycles. The first kappa shape index (κ1) is 17.5. The highest BCUT2D eigenvalue weighted by atomic mass is 16.5. The van der Waals surface area contributed by atoms with E-state index in [-0.39, 0.29) is 0 Å². The molecule has 5 nitrogen and oxygen atoms in total. The van der Waals surface area contributed by atoms with E-state index in [1.54, 1.807) is 5.48 Å². The zero-order valence-corrected chi connectivity index (χ0v) is 14.2. The van der Waals surface area contributed by atoms with Crippen LogP contribution in [-0.2, 0) is 4.79 Å². The number of carbonyl (C=O) groups is 1. The summed E-state index contributed by atoms with van der Waals surface area (Å²) in [5, 5.41) is 9.07. The molecule has 1 atom stereocenters. The van der Waals surface area contributed by atoms with E-state index >= 15 is 0 Å². The summed E-state index contributed by atoms with van der Waals surface area (Å²) >= 11 is 0. The van der Waals surface area contributed by atoms with Gasteiger partial charge in [-0.1, -0.05) is 42.5 Å². The molecule has 5 heteroatoms. The smallest absolute Gasteiger partial charge is 0.255 e. The second-order valence-corrected chi connectivity index (χ2v) is 6.29. The zero-order chi connectivity index (χ0) is 17.5. The van der Waals surface area contributed by atoms with Gasteiger partial charge >= 0.3 is 0 Å². The van der Waals surface area contributed by atoms with Gasteiger partial charge in [-0.25, -0.2) is 5.48 Å². The summed E-state index contributed by atoms with van der Waals surface area (Å²) in [6.45, 7) is 3.94. The van der Waals surface area contributed by atoms with Crippen molar-refractivity contribution in [3.63, 3.8) is 0 Å². The van der Waals surface area contributed by atoms with Gasteiger partial charge in [-0.2, -0.15) is 0 Å². The van der Waals surface area contributed by atoms with Crippen LogP contribution in [0.4, 0.5) is 0 Å². The molecular weight excluding hydrogens is 316 g/mol. The Hall–Kier alpha value is -2.37. The lowest BCUT2D eigenvalue weighted by molar-refractivity contribution is -0.129. The topological polar surface area (TPSA) is 61.8 Å². The summed E-state index contributed by atoms with van der Waals surface area (Å²) in [5.41, 5.74) is 3.41. The molecule has 1 fully saturated rings. The van der Waals surface area contributed by atoms with Gasteiger partial charge in [0.25, 0.3) is 5.91 Å². The van der Waals surface area contributed by atoms with E-state index in [9.17, 15) is 4.79 Å². The van der Waals surface area contributed by atoms with Crippen LogP contribution in [-0.4, -0.2) is 42.3 Å². The van der Waals surface area contributed by atoms with Crippen LogP contribution in [0.3, 0.4) is 0 Å². The average Bonchev–Trinajstić information content (AvgIpc) is 3.17. The molecule has 132 valence electrons. The maximum absolute atomic E-state index is 12.1. The Labute approximate surface area is 148 Å². The van der Waals surface area contributed by atoms with Crippen molar-refractivity contribution in [2.75, 3.05) is 26.2 Å². The number of nitrogens with one attached hydrogen (secondary N) is 1. The van der Waals surface area contributed by atoms with Gasteiger partial charge in [0.15, 0.2) is 0 Å². The highest BCUT2D eigenvalue weighted by Gasteiger charge is 2.22. The number of hydrogen-bond acceptors (Lipinski definition) is 4. The molecule has 1 heterocycles. The van der Waals surface area contributed by atoms with Gasteiger partial charge in [0.05, 0.1) is 5.92 Å². The Kier molecular flexibility index (Phi) is 6.04. The van der Waals surface area contributed by atoms with Crippen molar-refractivity contribution in [3.8, 4) is 5.75 Å². The van der Waals surface area contributed by atoms with E-state index in [2.05, 4.69) is 4.90 Å². The minimum Gasteiger partial charge on any atom is -0.492 e. The molecule has 1 saturated heterocycles. The molecule has 2 aromatic rings. The van der Waals surface area contributed by atoms with Gasteiger partial charge in [-0.15, -0.1) is 0 Å². The fraction of sp³-hybridized carbons (Fsp3) is 0.350. The van der Waals surface area contributed by atoms with Crippen LogP contribution < -0.4 is 10.2 Å². The predicted octanol–water partition coefficient (Wildman–Crippen LogP) is 2.80. The van der Waals surface area contributed by atoms with E-state index in [4.69, 9.17) is 9.94 Å². The van der Waals surface area contributed by atoms with E-state index in [1.807, 2.05) is 54.6 Å². The second kappa shape index (κ2) is 8.65. The molecule has 0 radical (unpaired) electrons. The summed E-state index contributed by atoms with van der Waals surface area (Å²) < 4.78 is 5.80. The fourth-order valence-electron chi connectivity index (χ4n) is 3.26. The first-order chi connectivity index (χ1) is 12.3. The molecule has 1 aliphatic rings. The number of rotatable bonds is 7. The molecule has 0 spiro atoms. The first-order valence-corrected chi connectivity index (χ1v) is 8.72. The van der Waals surface area contributed by atoms with Crippen molar-refractivity contribution in [3.05, 3.63) is 65.7 Å². The van der Waals surface area contributed by atoms with Crippen molar-refractivity contribution < 1.29 is 14.7 Å². The number of hydrogen-bond donors (Lipinski definition) is 2. The summed E-state index contributed by atoms with van der Waals surface area (Å²) in [6, 6.07) is 16.9. The summed E-state index contributed by atoms with van der Waals surface area (Å²) in [7, 11) is 0. The Bertz CT molecular complexity index is 667. The molecule has 1 amide bonds. The molecule has 25 heavy (non-hydrogen) atoms. The molecule has 2 N–H and O–H groups in total. The third-order valence-electron chi connectivity index (χ3n) is 4.59. The Morgan fingerprint density at radius 1 is 1.04 bits per heavy atom. The molecular formula is C20H24N2O3. The monoisotopic (exact) mass is 340 g/mol. The number of hydroxylamine groups is 1. The number of benzene rings is 2. The van der Waals surface area contributed by atoms with Gasteiger partial charge in [0.2, 0.25) is 0 Å². The van der Waals surface area contributed by atoms with E-state index in [1.165, 1.54) is 12.8 Å². The third kappa shape index (κ3) is 4.59. The van der Waals surface area contributed by atoms with Crippen LogP contribution in [0.15, 0.2) is 54.6 Å². The van der Waals surface area contributed by atoms with Crippen LogP contribution in [0, 0.1) is 0 Å². The van der Waals surface area contributed by atoms with Crippen molar-refractivity contribution in [2.45, 2.75) is 18.8 Å². The van der Waals surface area contributed by atoms with E-state index < -0.39 is 11.8 Å². The number of carbonyl (C=O) groups excluding carboxylic acids is 1. The second-order valence-electron chi connectivity index (χ2n) is 6.29. The lowest BCUT2D eigenvalue weighted by Crippen LogP contribution is -2.27. The fourth-order valence-corrected chi connectivity index (χ4v) is 3.26. The number of ether oxygens (including phenoxy) is 1. The molecule has 0 saturated carbocycles. The average molecular weight is 340 g/mol. The Morgan fingerprint density at radius 2 is 1.68 bits per heavy atom. The molecule has 0 bridgehead atoms. The maximum atomic E-state index is 12.1. The summed E-state index contributed by atoms with van der Waals surface area (Å²) in [4.78, 5) is 14.5. The van der Waals surface area contributed by atoms with Crippen molar-refractivity contribution in [2.24, 2.45) is 0 Å². The summed E-state index contributed by atoms with van der Waals surface area (Å²) in [5.74, 6) is -0.210. The SMILES string of the molecule is O=C(NO)C(c1ccccc1)c1ccc(OCCN2CCCC2)cc1. The quantitative estimate of drug-likeness (QED) is 0.601. The van der Waals surface area contributed by atoms with Gasteiger partial charge < -0.3 is 4.74 Å². The minimum absolute atomic E-state index is 0.450. The Balaban J connectivity index is 1.65. The lowest BCUT2D eigenvalue weighted by Gasteiger charge is -2.17. The molecule has 1 aliphatic heterocycles. The maximum Gasteiger partial charge on any atom is 0.255 e. The molecule has 3 rings (SSSR count). The van der Waals surface area contributed by atoms with Crippen LogP contribution in [0.1, 0.15) is 29.9 Å². The molecule has 0 aromatic heterocycles. The van der Waals surface area contributed by atoms with Gasteiger partial charge in [-0.05, 0) is 49.2 Å². The number of amides is 1. The van der Waals surface area contributed by atoms with Crippen LogP contribution in [0.5, 0.6) is 5.75 Å². The standard InChI is InChI=1S/C20H24N2O3/c23-20(21-24)19(16-6-2-1-3-7-16)17-8-10-18(11-9-17)25-15-14-22-12-4-5-13-22/h1-3,6-11,19,24H,4-5,12-15H2,(H,21,23). The van der Waals surface area contributed by atoms with Crippen LogP contribution in [0.25, 0.3) is 0 Å². The largest absolute Gasteiger partial charge is 0.492 e. The third-order valence-corrected chi connectivity index (χ3v) is 4.59. The van der Waals surface area contributed by atoms with Crippen molar-refractivity contribution in [1.29, 1.82) is 0 Å². The van der Waals surface area contributed by atoms with E-state index in [0.717, 1.165) is 36.5 Å². The highest BCUT2D eigenvalue weighted by molar-refractivity contribution is 5.86. The molecule has 0 aliphatic carbocycles. The van der Waals surface area contributed by atoms with Gasteiger partial charge in [0.1, 0.15) is 12.4 Å².